The first-order valence-corrected chi connectivity index (χ1v) is 34.6. The first-order chi connectivity index (χ1) is 46.3. The van der Waals surface area contributed by atoms with E-state index in [1.54, 1.807) is 71.9 Å². The molecule has 0 aliphatic carbocycles. The van der Waals surface area contributed by atoms with E-state index in [4.69, 9.17) is 11.5 Å². The van der Waals surface area contributed by atoms with Crippen molar-refractivity contribution in [2.24, 2.45) is 29.2 Å². The van der Waals surface area contributed by atoms with Crippen molar-refractivity contribution in [3.05, 3.63) is 54.1 Å². The third-order valence-corrected chi connectivity index (χ3v) is 16.5. The molecule has 0 bridgehead atoms. The molecule has 11 amide bonds. The predicted molar refractivity (Wildman–Crippen MR) is 354 cm³/mol. The van der Waals surface area contributed by atoms with E-state index in [1.165, 1.54) is 12.5 Å². The highest BCUT2D eigenvalue weighted by molar-refractivity contribution is 8.69. The summed E-state index contributed by atoms with van der Waals surface area (Å²) < 4.78 is 32.9. The second-order valence-electron chi connectivity index (χ2n) is 24.6. The summed E-state index contributed by atoms with van der Waals surface area (Å²) in [5, 5.41) is 75.4. The maximum absolute atomic E-state index is 14.4. The number of aliphatic carboxylic acids is 3. The highest BCUT2D eigenvalue weighted by atomic mass is 33.1. The fourth-order valence-corrected chi connectivity index (χ4v) is 10.9. The fourth-order valence-electron chi connectivity index (χ4n) is 9.45. The lowest BCUT2D eigenvalue weighted by Gasteiger charge is -2.29. The number of carboxylic acids is 3. The standard InChI is InChI=1S/C60H95N15O22S2/c1-30(2)19-39(69-50(83)36(62)27-76)53(86)72-43(23-35-25-63-29-65-35)57(90)75-49(33(7)77)59(92)73-41(21-32(5)6)54(87)71-42(22-34-13-9-8-10-14-34)51(84)64-26-46(78)66-44(24-48(81)82)56(89)67-37(16-17-47(79)80)52(85)70-40(20-31(3)4)55(88)74-45(28-98-99(95,96)97)58(91)68-38(60(93)94)15-11-12-18-61/h8-10,13-14,25,29-33,36-45,49,76-77H,11-12,15-24,26-28,61-62H2,1-7H3,(H,63,65)(H,64,84)(H,66,78)(H,67,89)(H,68,91)(H,69,83)(H,70,85)(H,71,87)(H,72,86)(H,73,92)(H,74,88)(H,75,90)(H,79,80)(H,81,82)(H,93,94)(H,95,96,97)/t33-,36+,37+,38+,39+,40+,41+,42+,43+,44+,45+,49+/m1/s1. The highest BCUT2D eigenvalue weighted by Gasteiger charge is 2.38. The molecule has 99 heavy (non-hydrogen) atoms. The van der Waals surface area contributed by atoms with Crippen LogP contribution in [0.5, 0.6) is 0 Å². The van der Waals surface area contributed by atoms with E-state index >= 15 is 0 Å². The summed E-state index contributed by atoms with van der Waals surface area (Å²) >= 11 is 0. The molecule has 37 nitrogen and oxygen atoms in total. The lowest BCUT2D eigenvalue weighted by Crippen LogP contribution is -2.62. The van der Waals surface area contributed by atoms with Crippen LogP contribution in [0, 0.1) is 17.8 Å². The fraction of sp³-hybridized carbons (Fsp3) is 0.617. The van der Waals surface area contributed by atoms with Crippen LogP contribution in [-0.2, 0) is 89.1 Å². The molecule has 39 heteroatoms. The third kappa shape index (κ3) is 34.0. The van der Waals surface area contributed by atoms with Gasteiger partial charge in [-0.15, -0.1) is 0 Å². The summed E-state index contributed by atoms with van der Waals surface area (Å²) in [5.74, 6) is -18.6. The van der Waals surface area contributed by atoms with Crippen LogP contribution >= 0.6 is 10.8 Å². The summed E-state index contributed by atoms with van der Waals surface area (Å²) in [6.45, 7) is 9.68. The van der Waals surface area contributed by atoms with Crippen LogP contribution in [0.2, 0.25) is 0 Å². The number of aliphatic hydroxyl groups is 2. The van der Waals surface area contributed by atoms with E-state index in [-0.39, 0.29) is 74.1 Å². The number of unbranched alkanes of at least 4 members (excludes halogenated alkanes) is 1. The van der Waals surface area contributed by atoms with Crippen LogP contribution < -0.4 is 70.0 Å². The van der Waals surface area contributed by atoms with Gasteiger partial charge in [0.1, 0.15) is 66.5 Å². The number of rotatable bonds is 47. The highest BCUT2D eigenvalue weighted by Crippen LogP contribution is 2.16. The molecule has 0 saturated carbocycles. The number of hydrogen-bond donors (Lipinski definition) is 20. The van der Waals surface area contributed by atoms with Gasteiger partial charge >= 0.3 is 27.1 Å². The number of imidazole rings is 1. The van der Waals surface area contributed by atoms with Crippen LogP contribution in [0.1, 0.15) is 118 Å². The van der Waals surface area contributed by atoms with E-state index in [2.05, 4.69) is 68.5 Å². The van der Waals surface area contributed by atoms with Crippen molar-refractivity contribution in [3.63, 3.8) is 0 Å². The average molecular weight is 1440 g/mol. The van der Waals surface area contributed by atoms with Gasteiger partial charge in [-0.1, -0.05) is 71.9 Å². The Balaban J connectivity index is 2.43. The second kappa shape index (κ2) is 43.5. The number of H-pyrrole nitrogens is 1. The van der Waals surface area contributed by atoms with Crippen molar-refractivity contribution in [2.75, 3.05) is 25.4 Å². The summed E-state index contributed by atoms with van der Waals surface area (Å²) in [7, 11) is -5.06. The van der Waals surface area contributed by atoms with Gasteiger partial charge in [0.05, 0.1) is 32.0 Å². The minimum absolute atomic E-state index is 0.0646. The van der Waals surface area contributed by atoms with Gasteiger partial charge in [-0.2, -0.15) is 8.42 Å². The molecular weight excluding hydrogens is 1350 g/mol. The number of aromatic nitrogens is 2. The van der Waals surface area contributed by atoms with E-state index < -0.39 is 209 Å². The number of aromatic amines is 1. The second-order valence-corrected chi connectivity index (χ2v) is 28.0. The number of hydrogen-bond acceptors (Lipinski definition) is 22. The van der Waals surface area contributed by atoms with E-state index in [0.29, 0.717) is 17.7 Å². The van der Waals surface area contributed by atoms with E-state index in [1.807, 2.05) is 0 Å². The monoisotopic (exact) mass is 1440 g/mol. The van der Waals surface area contributed by atoms with Crippen molar-refractivity contribution in [2.45, 2.75) is 192 Å². The van der Waals surface area contributed by atoms with Crippen molar-refractivity contribution in [1.82, 2.24) is 68.5 Å². The summed E-state index contributed by atoms with van der Waals surface area (Å²) in [6, 6.07) is -9.98. The van der Waals surface area contributed by atoms with Crippen LogP contribution in [-0.4, -0.2) is 229 Å². The number of nitrogens with one attached hydrogen (secondary N) is 12. The normalized spacial score (nSPS) is 15.1. The van der Waals surface area contributed by atoms with Gasteiger partial charge in [0, 0.05) is 36.9 Å². The Morgan fingerprint density at radius 1 is 0.545 bits per heavy atom. The molecule has 0 spiro atoms. The number of nitrogens with two attached hydrogens (primary N) is 2. The molecule has 0 aliphatic heterocycles. The third-order valence-electron chi connectivity index (χ3n) is 14.5. The zero-order valence-electron chi connectivity index (χ0n) is 55.9. The first kappa shape index (κ1) is 86.2. The van der Waals surface area contributed by atoms with Gasteiger partial charge in [-0.3, -0.25) is 66.9 Å². The predicted octanol–water partition coefficient (Wildman–Crippen LogP) is -4.91. The van der Waals surface area contributed by atoms with Crippen molar-refractivity contribution in [1.29, 1.82) is 0 Å². The molecule has 22 N–H and O–H groups in total. The number of aliphatic hydroxyl groups excluding tert-OH is 2. The average Bonchev–Trinajstić information content (AvgIpc) is 1.22. The molecule has 1 heterocycles. The molecule has 554 valence electrons. The molecule has 0 aliphatic rings. The van der Waals surface area contributed by atoms with Crippen LogP contribution in [0.25, 0.3) is 0 Å². The zero-order chi connectivity index (χ0) is 74.9. The number of carbonyl (C=O) groups is 14. The Hall–Kier alpha value is -8.89. The van der Waals surface area contributed by atoms with Crippen molar-refractivity contribution >= 4 is 103 Å². The van der Waals surface area contributed by atoms with E-state index in [0.717, 1.165) is 6.92 Å². The van der Waals surface area contributed by atoms with Gasteiger partial charge in [0.15, 0.2) is 0 Å². The number of carboxylic acid groups (broad SMARTS) is 3. The zero-order valence-corrected chi connectivity index (χ0v) is 57.6. The number of amides is 11. The first-order valence-electron chi connectivity index (χ1n) is 31.7. The van der Waals surface area contributed by atoms with Crippen LogP contribution in [0.3, 0.4) is 0 Å². The molecule has 1 aromatic heterocycles. The molecule has 0 unspecified atom stereocenters. The Morgan fingerprint density at radius 2 is 1.01 bits per heavy atom. The molecule has 2 aromatic rings. The molecule has 12 atom stereocenters. The van der Waals surface area contributed by atoms with Crippen LogP contribution in [0.15, 0.2) is 42.9 Å². The molecular formula is C60H95N15O22S2. The lowest BCUT2D eigenvalue weighted by atomic mass is 10.00. The molecule has 1 aromatic carbocycles. The Bertz CT molecular complexity index is 3160. The number of benzene rings is 1. The van der Waals surface area contributed by atoms with Gasteiger partial charge in [0.2, 0.25) is 65.0 Å². The Morgan fingerprint density at radius 3 is 1.48 bits per heavy atom. The van der Waals surface area contributed by atoms with E-state index in [9.17, 15) is 106 Å². The smallest absolute Gasteiger partial charge is 0.326 e. The van der Waals surface area contributed by atoms with Gasteiger partial charge in [0.25, 0.3) is 0 Å². The van der Waals surface area contributed by atoms with Crippen LogP contribution in [0.4, 0.5) is 0 Å². The van der Waals surface area contributed by atoms with Gasteiger partial charge < -0.3 is 100 Å². The largest absolute Gasteiger partial charge is 0.481 e. The maximum atomic E-state index is 14.4. The topological polar surface area (TPSA) is 608 Å². The van der Waals surface area contributed by atoms with Gasteiger partial charge in [-0.05, 0) is 92.5 Å². The van der Waals surface area contributed by atoms with Crippen molar-refractivity contribution < 1.29 is 106 Å². The Kier molecular flexibility index (Phi) is 37.9. The number of carbonyl (C=O) groups excluding carboxylic acids is 11. The molecule has 0 radical (unpaired) electrons. The number of nitrogens with zero attached hydrogens (tertiary/aromatic N) is 1. The summed E-state index contributed by atoms with van der Waals surface area (Å²) in [6.07, 6.45) is -2.06. The minimum atomic E-state index is -4.87. The quantitative estimate of drug-likeness (QED) is 0.0168. The molecule has 0 fully saturated rings. The molecule has 2 rings (SSSR count). The maximum Gasteiger partial charge on any atom is 0.326 e. The SMILES string of the molecule is CC(C)C[C@H](NC(=O)[C@H](CCC(=O)O)NC(=O)[C@H](CC(=O)O)NC(=O)CNC(=O)[C@H](Cc1ccccc1)NC(=O)[C@H](CC(C)C)NC(=O)[C@@H](NC(=O)[C@H](Cc1cnc[nH]1)NC(=O)[C@H](CC(C)C)NC(=O)[C@@H](N)CO)[C@@H](C)O)C(=O)N[C@@H](CSS(=O)(=O)O)C(=O)N[C@@H](CCCCN)C(=O)O. The van der Waals surface area contributed by atoms with Crippen molar-refractivity contribution in [3.8, 4) is 0 Å². The minimum Gasteiger partial charge on any atom is -0.481 e. The molecule has 0 saturated heterocycles. The Labute approximate surface area is 575 Å². The summed E-state index contributed by atoms with van der Waals surface area (Å²) in [4.78, 5) is 195. The lowest BCUT2D eigenvalue weighted by molar-refractivity contribution is -0.143. The summed E-state index contributed by atoms with van der Waals surface area (Å²) in [5.41, 5.74) is 12.0. The van der Waals surface area contributed by atoms with Gasteiger partial charge in [-0.25, -0.2) is 9.78 Å².